The van der Waals surface area contributed by atoms with Crippen LogP contribution in [0.2, 0.25) is 0 Å². The van der Waals surface area contributed by atoms with Crippen molar-refractivity contribution in [2.75, 3.05) is 13.1 Å². The van der Waals surface area contributed by atoms with E-state index >= 15 is 0 Å². The van der Waals surface area contributed by atoms with E-state index in [1.54, 1.807) is 15.8 Å². The van der Waals surface area contributed by atoms with Crippen LogP contribution in [-0.2, 0) is 0 Å². The maximum Gasteiger partial charge on any atom is 0.257 e. The van der Waals surface area contributed by atoms with Crippen LogP contribution in [0.15, 0.2) is 60.8 Å². The van der Waals surface area contributed by atoms with E-state index in [1.807, 2.05) is 61.5 Å². The number of nitrogens with zero attached hydrogens (tertiary/aromatic N) is 3. The van der Waals surface area contributed by atoms with E-state index in [0.717, 1.165) is 16.8 Å². The fraction of sp³-hybridized carbons (Fsp3) is 0.238. The van der Waals surface area contributed by atoms with Gasteiger partial charge in [-0.3, -0.25) is 4.79 Å². The number of carbonyl (C=O) groups excluding carboxylic acids is 1. The molecule has 0 saturated carbocycles. The molecule has 0 unspecified atom stereocenters. The molecule has 1 saturated heterocycles. The number of aromatic nitrogens is 2. The lowest BCUT2D eigenvalue weighted by Gasteiger charge is -2.15. The lowest BCUT2D eigenvalue weighted by molar-refractivity contribution is 0.0765. The Morgan fingerprint density at radius 1 is 1.15 bits per heavy atom. The maximum atomic E-state index is 13.1. The molecule has 5 nitrogen and oxygen atoms in total. The average Bonchev–Trinajstić information content (AvgIpc) is 3.29. The topological polar surface area (TPSA) is 58.4 Å². The van der Waals surface area contributed by atoms with Crippen molar-refractivity contribution in [1.82, 2.24) is 14.7 Å². The summed E-state index contributed by atoms with van der Waals surface area (Å²) < 4.78 is 1.75. The lowest BCUT2D eigenvalue weighted by Crippen LogP contribution is -2.29. The second kappa shape index (κ2) is 6.77. The molecule has 132 valence electrons. The summed E-state index contributed by atoms with van der Waals surface area (Å²) in [6.07, 6.45) is 1.98. The van der Waals surface area contributed by atoms with Crippen LogP contribution < -0.4 is 0 Å². The van der Waals surface area contributed by atoms with Crippen LogP contribution in [0.4, 0.5) is 0 Å². The van der Waals surface area contributed by atoms with E-state index in [0.29, 0.717) is 30.8 Å². The number of carbonyl (C=O) groups is 1. The van der Waals surface area contributed by atoms with Crippen molar-refractivity contribution >= 4 is 5.91 Å². The van der Waals surface area contributed by atoms with Gasteiger partial charge in [0.25, 0.3) is 5.91 Å². The summed E-state index contributed by atoms with van der Waals surface area (Å²) in [6.45, 7) is 2.97. The summed E-state index contributed by atoms with van der Waals surface area (Å²) in [5, 5.41) is 14.5. The van der Waals surface area contributed by atoms with Crippen molar-refractivity contribution in [2.24, 2.45) is 0 Å². The Morgan fingerprint density at radius 3 is 2.65 bits per heavy atom. The van der Waals surface area contributed by atoms with Crippen molar-refractivity contribution in [3.8, 4) is 16.9 Å². The Labute approximate surface area is 152 Å². The maximum absolute atomic E-state index is 13.1. The van der Waals surface area contributed by atoms with E-state index < -0.39 is 6.10 Å². The first-order chi connectivity index (χ1) is 12.6. The smallest absolute Gasteiger partial charge is 0.257 e. The van der Waals surface area contributed by atoms with Gasteiger partial charge in [0.1, 0.15) is 5.69 Å². The largest absolute Gasteiger partial charge is 0.391 e. The summed E-state index contributed by atoms with van der Waals surface area (Å²) in [6, 6.07) is 17.8. The summed E-state index contributed by atoms with van der Waals surface area (Å²) in [5.41, 5.74) is 4.17. The molecule has 4 rings (SSSR count). The van der Waals surface area contributed by atoms with Crippen molar-refractivity contribution in [3.63, 3.8) is 0 Å². The minimum absolute atomic E-state index is 0.0831. The summed E-state index contributed by atoms with van der Waals surface area (Å²) in [4.78, 5) is 14.8. The molecular formula is C21H21N3O2. The van der Waals surface area contributed by atoms with Gasteiger partial charge in [0.2, 0.25) is 0 Å². The summed E-state index contributed by atoms with van der Waals surface area (Å²) in [5.74, 6) is -0.0831. The van der Waals surface area contributed by atoms with Crippen molar-refractivity contribution in [2.45, 2.75) is 19.4 Å². The Balaban J connectivity index is 1.80. The van der Waals surface area contributed by atoms with Crippen LogP contribution in [0.1, 0.15) is 22.3 Å². The highest BCUT2D eigenvalue weighted by Gasteiger charge is 2.29. The summed E-state index contributed by atoms with van der Waals surface area (Å²) >= 11 is 0. The molecule has 1 atom stereocenters. The van der Waals surface area contributed by atoms with Crippen molar-refractivity contribution in [3.05, 3.63) is 71.9 Å². The first-order valence-electron chi connectivity index (χ1n) is 8.81. The molecule has 0 bridgehead atoms. The van der Waals surface area contributed by atoms with Crippen molar-refractivity contribution in [1.29, 1.82) is 0 Å². The minimum atomic E-state index is -0.439. The quantitative estimate of drug-likeness (QED) is 0.792. The molecule has 1 aliphatic heterocycles. The highest BCUT2D eigenvalue weighted by atomic mass is 16.3. The number of hydrogen-bond donors (Lipinski definition) is 1. The molecule has 1 fully saturated rings. The van der Waals surface area contributed by atoms with Gasteiger partial charge in [-0.2, -0.15) is 5.10 Å². The number of aryl methyl sites for hydroxylation is 1. The fourth-order valence-electron chi connectivity index (χ4n) is 3.35. The predicted octanol–water partition coefficient (Wildman–Crippen LogP) is 3.05. The third kappa shape index (κ3) is 3.13. The Kier molecular flexibility index (Phi) is 4.31. The third-order valence-corrected chi connectivity index (χ3v) is 4.71. The first kappa shape index (κ1) is 16.5. The lowest BCUT2D eigenvalue weighted by atomic mass is 10.1. The third-order valence-electron chi connectivity index (χ3n) is 4.71. The molecule has 3 aromatic rings. The van der Waals surface area contributed by atoms with Gasteiger partial charge in [-0.25, -0.2) is 4.68 Å². The Hall–Kier alpha value is -2.92. The Morgan fingerprint density at radius 2 is 1.96 bits per heavy atom. The zero-order valence-corrected chi connectivity index (χ0v) is 14.7. The van der Waals surface area contributed by atoms with Gasteiger partial charge in [0, 0.05) is 24.8 Å². The number of benzene rings is 2. The number of rotatable bonds is 3. The second-order valence-electron chi connectivity index (χ2n) is 6.73. The van der Waals surface area contributed by atoms with Gasteiger partial charge >= 0.3 is 0 Å². The monoisotopic (exact) mass is 347 g/mol. The predicted molar refractivity (Wildman–Crippen MR) is 100 cm³/mol. The SMILES string of the molecule is Cc1cccc(-c2nn(-c3ccccc3)cc2C(=O)N2CC[C@@H](O)C2)c1. The van der Waals surface area contributed by atoms with Gasteiger partial charge in [0.05, 0.1) is 17.4 Å². The number of aliphatic hydroxyl groups is 1. The molecule has 26 heavy (non-hydrogen) atoms. The first-order valence-corrected chi connectivity index (χ1v) is 8.81. The molecule has 1 N–H and O–H groups in total. The zero-order chi connectivity index (χ0) is 18.1. The van der Waals surface area contributed by atoms with E-state index in [-0.39, 0.29) is 5.91 Å². The van der Waals surface area contributed by atoms with Crippen LogP contribution in [0, 0.1) is 6.92 Å². The molecule has 1 amide bonds. The van der Waals surface area contributed by atoms with Gasteiger partial charge in [-0.15, -0.1) is 0 Å². The van der Waals surface area contributed by atoms with E-state index in [1.165, 1.54) is 0 Å². The van der Waals surface area contributed by atoms with Gasteiger partial charge in [-0.05, 0) is 31.5 Å². The van der Waals surface area contributed by atoms with Crippen LogP contribution in [0.3, 0.4) is 0 Å². The van der Waals surface area contributed by atoms with Crippen LogP contribution >= 0.6 is 0 Å². The van der Waals surface area contributed by atoms with Crippen LogP contribution in [0.5, 0.6) is 0 Å². The van der Waals surface area contributed by atoms with E-state index in [9.17, 15) is 9.90 Å². The zero-order valence-electron chi connectivity index (χ0n) is 14.7. The normalized spacial score (nSPS) is 16.8. The summed E-state index contributed by atoms with van der Waals surface area (Å²) in [7, 11) is 0. The minimum Gasteiger partial charge on any atom is -0.391 e. The molecule has 0 radical (unpaired) electrons. The number of amides is 1. The molecule has 2 aromatic carbocycles. The van der Waals surface area contributed by atoms with Gasteiger partial charge in [-0.1, -0.05) is 42.0 Å². The number of likely N-dealkylation sites (tertiary alicyclic amines) is 1. The number of para-hydroxylation sites is 1. The highest BCUT2D eigenvalue weighted by molar-refractivity contribution is 6.00. The number of β-amino-alcohol motifs (C(OH)–C–C–N with tert-alkyl or cyclic N) is 1. The van der Waals surface area contributed by atoms with Gasteiger partial charge < -0.3 is 10.0 Å². The molecular weight excluding hydrogens is 326 g/mol. The van der Waals surface area contributed by atoms with Crippen LogP contribution in [0.25, 0.3) is 16.9 Å². The molecule has 2 heterocycles. The number of hydrogen-bond acceptors (Lipinski definition) is 3. The average molecular weight is 347 g/mol. The van der Waals surface area contributed by atoms with Crippen LogP contribution in [-0.4, -0.2) is 44.9 Å². The fourth-order valence-corrected chi connectivity index (χ4v) is 3.35. The molecule has 0 aliphatic carbocycles. The standard InChI is InChI=1S/C21H21N3O2/c1-15-6-5-7-16(12-15)20-19(21(26)23-11-10-18(25)13-23)14-24(22-20)17-8-3-2-4-9-17/h2-9,12,14,18,25H,10-11,13H2,1H3/t18-/m1/s1. The van der Waals surface area contributed by atoms with Gasteiger partial charge in [0.15, 0.2) is 0 Å². The number of aliphatic hydroxyl groups excluding tert-OH is 1. The molecule has 0 spiro atoms. The van der Waals surface area contributed by atoms with Crippen molar-refractivity contribution < 1.29 is 9.90 Å². The molecule has 1 aliphatic rings. The van der Waals surface area contributed by atoms with E-state index in [2.05, 4.69) is 0 Å². The highest BCUT2D eigenvalue weighted by Crippen LogP contribution is 2.27. The Bertz CT molecular complexity index is 933. The van der Waals surface area contributed by atoms with E-state index in [4.69, 9.17) is 5.10 Å². The second-order valence-corrected chi connectivity index (χ2v) is 6.73. The molecule has 5 heteroatoms. The molecule has 1 aromatic heterocycles.